The molecule has 0 saturated heterocycles. The molecule has 0 amide bonds. The van der Waals surface area contributed by atoms with Crippen molar-refractivity contribution in [2.24, 2.45) is 20.1 Å². The average Bonchev–Trinajstić information content (AvgIpc) is 2.01. The van der Waals surface area contributed by atoms with Crippen LogP contribution in [0.4, 0.5) is 0 Å². The van der Waals surface area contributed by atoms with Crippen LogP contribution >= 0.6 is 34.8 Å². The molecular formula is C2Cl3N5S3. The van der Waals surface area contributed by atoms with Crippen molar-refractivity contribution in [3.8, 4) is 0 Å². The molecule has 2 atom stereocenters. The molecule has 2 rings (SSSR count). The maximum Gasteiger partial charge on any atom is 0.251 e. The van der Waals surface area contributed by atoms with Crippen LogP contribution in [-0.4, -0.2) is 9.63 Å². The third-order valence-electron chi connectivity index (χ3n) is 0.923. The van der Waals surface area contributed by atoms with Crippen molar-refractivity contribution >= 4 is 74.1 Å². The summed E-state index contributed by atoms with van der Waals surface area (Å²) in [5, 5.41) is 0. The Morgan fingerprint density at radius 2 is 1.85 bits per heavy atom. The Bertz CT molecular complexity index is 411. The van der Waals surface area contributed by atoms with Gasteiger partial charge in [-0.25, -0.2) is 0 Å². The fraction of sp³-hybridized carbons (Fsp3) is 0.500. The van der Waals surface area contributed by atoms with Gasteiger partial charge in [-0.15, -0.1) is 11.3 Å². The minimum Gasteiger partial charge on any atom is -0.163 e. The first-order valence-corrected chi connectivity index (χ1v) is 6.78. The van der Waals surface area contributed by atoms with Crippen LogP contribution in [0, 0.1) is 0 Å². The molecule has 0 aromatic carbocycles. The quantitative estimate of drug-likeness (QED) is 0.617. The number of rotatable bonds is 0. The van der Waals surface area contributed by atoms with Gasteiger partial charge >= 0.3 is 0 Å². The summed E-state index contributed by atoms with van der Waals surface area (Å²) in [5.41, 5.74) is 0. The van der Waals surface area contributed by atoms with Gasteiger partial charge in [-0.2, -0.15) is 8.76 Å². The van der Waals surface area contributed by atoms with E-state index in [-0.39, 0.29) is 5.84 Å². The lowest BCUT2D eigenvalue weighted by Gasteiger charge is -2.12. The Labute approximate surface area is 97.5 Å². The molecule has 0 aliphatic carbocycles. The number of nitrogens with zero attached hydrogens (tertiary/aromatic N) is 5. The third-order valence-corrected chi connectivity index (χ3v) is 4.77. The van der Waals surface area contributed by atoms with Gasteiger partial charge in [0.25, 0.3) is 3.79 Å². The molecule has 5 nitrogen and oxygen atoms in total. The topological polar surface area (TPSA) is 61.8 Å². The summed E-state index contributed by atoms with van der Waals surface area (Å²) in [5.74, 6) is 0.131. The Hall–Kier alpha value is 0.660. The first-order chi connectivity index (χ1) is 6.05. The predicted molar refractivity (Wildman–Crippen MR) is 59.5 cm³/mol. The summed E-state index contributed by atoms with van der Waals surface area (Å²) in [6, 6.07) is 0. The van der Waals surface area contributed by atoms with Crippen LogP contribution in [0.15, 0.2) is 20.1 Å². The van der Waals surface area contributed by atoms with Crippen molar-refractivity contribution in [2.45, 2.75) is 3.79 Å². The number of hydrogen-bond acceptors (Lipinski definition) is 5. The Morgan fingerprint density at radius 3 is 2.46 bits per heavy atom. The van der Waals surface area contributed by atoms with E-state index >= 15 is 0 Å². The SMILES string of the molecule is ClC(Cl)(Cl)C1=NS2=NS(=N1)N=S=N2. The van der Waals surface area contributed by atoms with E-state index < -0.39 is 25.9 Å². The van der Waals surface area contributed by atoms with Crippen molar-refractivity contribution in [3.05, 3.63) is 0 Å². The van der Waals surface area contributed by atoms with Crippen molar-refractivity contribution in [1.82, 2.24) is 0 Å². The highest BCUT2D eigenvalue weighted by Gasteiger charge is 2.31. The molecule has 13 heavy (non-hydrogen) atoms. The van der Waals surface area contributed by atoms with Crippen molar-refractivity contribution < 1.29 is 0 Å². The van der Waals surface area contributed by atoms with E-state index in [1.165, 1.54) is 0 Å². The second-order valence-corrected chi connectivity index (χ2v) is 7.38. The van der Waals surface area contributed by atoms with Gasteiger partial charge in [-0.05, 0) is 0 Å². The van der Waals surface area contributed by atoms with Gasteiger partial charge in [0.2, 0.25) is 5.84 Å². The van der Waals surface area contributed by atoms with Crippen molar-refractivity contribution in [1.29, 1.82) is 0 Å². The van der Waals surface area contributed by atoms with Crippen molar-refractivity contribution in [2.75, 3.05) is 0 Å². The van der Waals surface area contributed by atoms with Crippen LogP contribution < -0.4 is 0 Å². The molecule has 2 aliphatic heterocycles. The lowest BCUT2D eigenvalue weighted by molar-refractivity contribution is 1.44. The smallest absolute Gasteiger partial charge is 0.163 e. The molecule has 0 aromatic heterocycles. The lowest BCUT2D eigenvalue weighted by atomic mass is 10.7. The zero-order valence-corrected chi connectivity index (χ0v) is 10.3. The summed E-state index contributed by atoms with van der Waals surface area (Å²) < 4.78 is 18.1. The Morgan fingerprint density at radius 1 is 1.15 bits per heavy atom. The van der Waals surface area contributed by atoms with E-state index in [1.54, 1.807) is 0 Å². The molecule has 0 saturated carbocycles. The second-order valence-electron chi connectivity index (χ2n) is 1.80. The lowest BCUT2D eigenvalue weighted by Crippen LogP contribution is -2.19. The van der Waals surface area contributed by atoms with Crippen LogP contribution in [0.3, 0.4) is 0 Å². The normalized spacial score (nSPS) is 31.2. The summed E-state index contributed by atoms with van der Waals surface area (Å²) in [6.45, 7) is 0. The summed E-state index contributed by atoms with van der Waals surface area (Å²) in [7, 11) is 0. The molecule has 0 fully saturated rings. The van der Waals surface area contributed by atoms with Gasteiger partial charge in [0.1, 0.15) is 0 Å². The predicted octanol–water partition coefficient (Wildman–Crippen LogP) is 2.50. The highest BCUT2D eigenvalue weighted by Crippen LogP contribution is 2.31. The van der Waals surface area contributed by atoms with E-state index in [2.05, 4.69) is 20.1 Å². The number of alkyl halides is 3. The average molecular weight is 297 g/mol. The molecule has 2 unspecified atom stereocenters. The fourth-order valence-corrected chi connectivity index (χ4v) is 4.32. The maximum absolute atomic E-state index is 5.61. The molecule has 0 radical (unpaired) electrons. The van der Waals surface area contributed by atoms with Crippen LogP contribution in [-0.2, 0) is 33.5 Å². The number of amidine groups is 1. The molecule has 2 heterocycles. The van der Waals surface area contributed by atoms with E-state index in [0.717, 1.165) is 11.4 Å². The van der Waals surface area contributed by atoms with Crippen molar-refractivity contribution in [3.63, 3.8) is 0 Å². The zero-order valence-electron chi connectivity index (χ0n) is 5.59. The molecule has 0 N–H and O–H groups in total. The van der Waals surface area contributed by atoms with E-state index in [0.29, 0.717) is 0 Å². The Balaban J connectivity index is 2.46. The molecule has 2 bridgehead atoms. The van der Waals surface area contributed by atoms with Crippen LogP contribution in [0.5, 0.6) is 0 Å². The molecule has 11 heteroatoms. The number of halogens is 3. The van der Waals surface area contributed by atoms with Crippen LogP contribution in [0.1, 0.15) is 0 Å². The van der Waals surface area contributed by atoms with Gasteiger partial charge in [0, 0.05) is 0 Å². The molecule has 72 valence electrons. The van der Waals surface area contributed by atoms with E-state index in [1.807, 2.05) is 0 Å². The van der Waals surface area contributed by atoms with Gasteiger partial charge in [-0.3, -0.25) is 0 Å². The first kappa shape index (κ1) is 10.2. The Kier molecular flexibility index (Phi) is 2.87. The monoisotopic (exact) mass is 295 g/mol. The van der Waals surface area contributed by atoms with Crippen LogP contribution in [0.2, 0.25) is 0 Å². The minimum absolute atomic E-state index is 0.131. The number of fused-ring (bicyclic) bond motifs is 1. The fourth-order valence-electron chi connectivity index (χ4n) is 0.502. The first-order valence-electron chi connectivity index (χ1n) is 2.72. The number of hydrogen-bond donors (Lipinski definition) is 0. The van der Waals surface area contributed by atoms with Gasteiger partial charge < -0.3 is 0 Å². The second kappa shape index (κ2) is 3.67. The summed E-state index contributed by atoms with van der Waals surface area (Å²) in [6.07, 6.45) is 0. The standard InChI is InChI=1S/C2Cl3N5S3/c3-2(4,5)1-6-12-8-11-9-13(7-1)10-12. The summed E-state index contributed by atoms with van der Waals surface area (Å²) in [4.78, 5) is 0. The highest BCUT2D eigenvalue weighted by atomic mass is 35.6. The third kappa shape index (κ3) is 2.37. The van der Waals surface area contributed by atoms with Gasteiger partial charge in [-0.1, -0.05) is 34.8 Å². The molecule has 2 aliphatic rings. The van der Waals surface area contributed by atoms with Gasteiger partial charge in [0.05, 0.1) is 11.4 Å². The van der Waals surface area contributed by atoms with E-state index in [9.17, 15) is 0 Å². The minimum atomic E-state index is -1.61. The zero-order chi connectivity index (χ0) is 9.47. The maximum atomic E-state index is 5.61. The largest absolute Gasteiger partial charge is 0.251 e. The molecule has 0 spiro atoms. The molecule has 0 aromatic rings. The van der Waals surface area contributed by atoms with E-state index in [4.69, 9.17) is 34.8 Å². The van der Waals surface area contributed by atoms with Gasteiger partial charge in [0.15, 0.2) is 22.1 Å². The highest BCUT2D eigenvalue weighted by molar-refractivity contribution is 8.02. The summed E-state index contributed by atoms with van der Waals surface area (Å²) >= 11 is 16.3. The molecular weight excluding hydrogens is 297 g/mol. The van der Waals surface area contributed by atoms with Crippen LogP contribution in [0.25, 0.3) is 0 Å².